The third-order valence-electron chi connectivity index (χ3n) is 13.0. The second-order valence-electron chi connectivity index (χ2n) is 18.9. The number of fused-ring (bicyclic) bond motifs is 8. The van der Waals surface area contributed by atoms with E-state index in [9.17, 15) is 9.90 Å². The van der Waals surface area contributed by atoms with Crippen LogP contribution < -0.4 is 19.5 Å². The molecule has 0 fully saturated rings. The molecule has 2 atom stereocenters. The van der Waals surface area contributed by atoms with Crippen molar-refractivity contribution >= 4 is 70.4 Å². The molecule has 9 heteroatoms. The average molecular weight is 1120 g/mol. The normalized spacial score (nSPS) is 15.0. The third-order valence-corrected chi connectivity index (χ3v) is 15.4. The number of ketones is 1. The van der Waals surface area contributed by atoms with Gasteiger partial charge in [-0.15, -0.1) is 22.7 Å². The van der Waals surface area contributed by atoms with E-state index in [0.29, 0.717) is 11.8 Å². The maximum absolute atomic E-state index is 11.7. The van der Waals surface area contributed by atoms with Crippen molar-refractivity contribution < 1.29 is 38.5 Å². The molecule has 1 radical (unpaired) electrons. The molecule has 0 amide bonds. The summed E-state index contributed by atoms with van der Waals surface area (Å²) in [5.74, 6) is 1.87. The van der Waals surface area contributed by atoms with Gasteiger partial charge in [-0.05, 0) is 121 Å². The summed E-state index contributed by atoms with van der Waals surface area (Å²) in [7, 11) is 0. The summed E-state index contributed by atoms with van der Waals surface area (Å²) >= 11 is 3.69. The summed E-state index contributed by atoms with van der Waals surface area (Å²) < 4.78 is 7.20. The number of nitrogens with zero attached hydrogens (tertiary/aromatic N) is 4. The van der Waals surface area contributed by atoms with Gasteiger partial charge in [0.15, 0.2) is 5.78 Å². The van der Waals surface area contributed by atoms with Crippen LogP contribution in [0.3, 0.4) is 0 Å². The number of hydrogen-bond donors (Lipinski definition) is 1. The van der Waals surface area contributed by atoms with Gasteiger partial charge in [0, 0.05) is 70.3 Å². The Kier molecular flexibility index (Phi) is 17.1. The molecule has 0 bridgehead atoms. The zero-order chi connectivity index (χ0) is 47.2. The zero-order valence-corrected chi connectivity index (χ0v) is 44.8. The van der Waals surface area contributed by atoms with Gasteiger partial charge in [0.25, 0.3) is 0 Å². The van der Waals surface area contributed by atoms with Gasteiger partial charge >= 0.3 is 11.0 Å². The molecule has 0 saturated heterocycles. The van der Waals surface area contributed by atoms with E-state index in [0.717, 1.165) is 49.5 Å². The van der Waals surface area contributed by atoms with E-state index in [1.165, 1.54) is 68.9 Å². The third kappa shape index (κ3) is 11.6. The van der Waals surface area contributed by atoms with E-state index < -0.39 is 0 Å². The molecule has 6 nitrogen and oxygen atoms in total. The summed E-state index contributed by atoms with van der Waals surface area (Å²) in [5.41, 5.74) is 7.39. The van der Waals surface area contributed by atoms with Crippen LogP contribution in [0.2, 0.25) is 0 Å². The zero-order valence-electron chi connectivity index (χ0n) is 40.8. The molecule has 4 aromatic carbocycles. The Bertz CT molecular complexity index is 3080. The van der Waals surface area contributed by atoms with Gasteiger partial charge in [0.1, 0.15) is 23.5 Å². The molecule has 4 aromatic heterocycles. The number of rotatable bonds is 13. The number of carbonyl (C=O) groups excluding carboxylic acids is 1. The van der Waals surface area contributed by atoms with Crippen LogP contribution in [0.25, 0.3) is 42.0 Å². The monoisotopic (exact) mass is 1120 g/mol. The van der Waals surface area contributed by atoms with Crippen LogP contribution in [0.15, 0.2) is 143 Å². The quantitative estimate of drug-likeness (QED) is 0.0710. The first-order valence-electron chi connectivity index (χ1n) is 24.4. The fraction of sp³-hybridized carbons (Fsp3) is 0.339. The minimum absolute atomic E-state index is 0. The number of benzene rings is 4. The van der Waals surface area contributed by atoms with Crippen LogP contribution in [-0.4, -0.2) is 10.9 Å². The van der Waals surface area contributed by atoms with E-state index >= 15 is 0 Å². The molecule has 68 heavy (non-hydrogen) atoms. The summed E-state index contributed by atoms with van der Waals surface area (Å²) in [4.78, 5) is 24.3. The standard InChI is InChI=1S/2C23H21N2S.C13H24O2.Ir/c2*1-15(2)11-16-7-8-17-9-10-23-24-19(14-25(23)20(17)12-16)22-13-18-5-3-4-6-21(18)26-22;1-5-10(6-2)12(14)9-13(15)11(7-3)8-4;/h2*3-10,12-15,19H,11H2,1-2H3;9-11,14H,5-8H2,1-4H3;/q2*+1;;/b;;12-9-;. The van der Waals surface area contributed by atoms with Crippen LogP contribution in [0.4, 0.5) is 0 Å². The van der Waals surface area contributed by atoms with Crippen LogP contribution in [0, 0.1) is 36.1 Å². The molecular formula is C59H66IrN4O2S2+2. The first-order valence-corrected chi connectivity index (χ1v) is 26.1. The second-order valence-corrected chi connectivity index (χ2v) is 21.2. The van der Waals surface area contributed by atoms with Crippen molar-refractivity contribution in [2.24, 2.45) is 33.7 Å². The fourth-order valence-electron chi connectivity index (χ4n) is 9.32. The maximum atomic E-state index is 11.7. The molecule has 0 aliphatic carbocycles. The molecular weight excluding hydrogens is 1050 g/mol. The van der Waals surface area contributed by atoms with E-state index in [2.05, 4.69) is 170 Å². The molecule has 2 unspecified atom stereocenters. The summed E-state index contributed by atoms with van der Waals surface area (Å²) in [6, 6.07) is 44.2. The number of thiophene rings is 2. The molecule has 1 N–H and O–H groups in total. The summed E-state index contributed by atoms with van der Waals surface area (Å²) in [6.07, 6.45) is 11.7. The number of aromatic nitrogens is 2. The van der Waals surface area contributed by atoms with E-state index in [1.54, 1.807) is 0 Å². The Morgan fingerprint density at radius 1 is 0.574 bits per heavy atom. The van der Waals surface area contributed by atoms with Gasteiger partial charge in [-0.3, -0.25) is 4.79 Å². The summed E-state index contributed by atoms with van der Waals surface area (Å²) in [6.45, 7) is 17.1. The topological polar surface area (TPSA) is 73.8 Å². The van der Waals surface area contributed by atoms with Crippen molar-refractivity contribution in [1.82, 2.24) is 0 Å². The van der Waals surface area contributed by atoms with Gasteiger partial charge in [-0.25, -0.2) is 0 Å². The number of aliphatic hydroxyl groups excluding tert-OH is 1. The van der Waals surface area contributed by atoms with Gasteiger partial charge in [-0.1, -0.05) is 126 Å². The van der Waals surface area contributed by atoms with Gasteiger partial charge in [-0.2, -0.15) is 8.49 Å². The molecule has 353 valence electrons. The molecule has 0 spiro atoms. The first kappa shape index (κ1) is 50.7. The molecule has 0 saturated carbocycles. The minimum Gasteiger partial charge on any atom is -0.512 e. The van der Waals surface area contributed by atoms with Crippen molar-refractivity contribution in [2.75, 3.05) is 0 Å². The van der Waals surface area contributed by atoms with Gasteiger partial charge < -0.3 is 5.11 Å². The van der Waals surface area contributed by atoms with Crippen molar-refractivity contribution in [3.8, 4) is 0 Å². The maximum Gasteiger partial charge on any atom is 0.323 e. The second kappa shape index (κ2) is 22.9. The Labute approximate surface area is 423 Å². The van der Waals surface area contributed by atoms with E-state index in [1.807, 2.05) is 50.4 Å². The number of carbonyl (C=O) groups is 1. The van der Waals surface area contributed by atoms with Crippen LogP contribution in [-0.2, 0) is 37.7 Å². The Balaban J connectivity index is 0.000000157. The first-order chi connectivity index (χ1) is 32.4. The number of aliphatic hydroxyl groups is 1. The van der Waals surface area contributed by atoms with Crippen LogP contribution in [0.1, 0.15) is 114 Å². The molecule has 10 rings (SSSR count). The summed E-state index contributed by atoms with van der Waals surface area (Å²) in [5, 5.41) is 14.9. The number of pyridine rings is 2. The molecule has 2 aliphatic heterocycles. The predicted molar refractivity (Wildman–Crippen MR) is 280 cm³/mol. The SMILES string of the molecule is CC(C)Cc1ccc2ccc3[n+](c2c1)=CC(c1cc2ccccc2s1)N=3.CC(C)Cc1ccc2ccc3[n+](c2c1)=CC(c1cc2ccccc2s1)N=3.CCC(CC)C(=O)/C=C(\O)C(CC)CC.[Ir]. The number of hydrogen-bond acceptors (Lipinski definition) is 6. The molecule has 8 aromatic rings. The Morgan fingerprint density at radius 3 is 1.38 bits per heavy atom. The smallest absolute Gasteiger partial charge is 0.323 e. The number of allylic oxidation sites excluding steroid dienone is 2. The van der Waals surface area contributed by atoms with Crippen LogP contribution >= 0.6 is 22.7 Å². The Hall–Kier alpha value is -5.18. The largest absolute Gasteiger partial charge is 0.512 e. The molecule has 6 heterocycles. The van der Waals surface area contributed by atoms with Crippen molar-refractivity contribution in [2.45, 2.75) is 106 Å². The molecule has 2 aliphatic rings. The van der Waals surface area contributed by atoms with Gasteiger partial charge in [0.2, 0.25) is 12.1 Å². The fourth-order valence-corrected chi connectivity index (χ4v) is 11.4. The predicted octanol–water partition coefficient (Wildman–Crippen LogP) is 13.7. The van der Waals surface area contributed by atoms with E-state index in [4.69, 9.17) is 9.98 Å². The Morgan fingerprint density at radius 2 is 0.985 bits per heavy atom. The minimum atomic E-state index is 0. The van der Waals surface area contributed by atoms with E-state index in [-0.39, 0.29) is 55.6 Å². The van der Waals surface area contributed by atoms with Crippen molar-refractivity contribution in [3.63, 3.8) is 0 Å². The van der Waals surface area contributed by atoms with Crippen molar-refractivity contribution in [3.05, 3.63) is 177 Å². The van der Waals surface area contributed by atoms with Crippen molar-refractivity contribution in [1.29, 1.82) is 0 Å². The average Bonchev–Trinajstić information content (AvgIpc) is 4.14. The van der Waals surface area contributed by atoms with Crippen LogP contribution in [0.5, 0.6) is 0 Å². The van der Waals surface area contributed by atoms with Gasteiger partial charge in [0.05, 0.1) is 15.5 Å².